The van der Waals surface area contributed by atoms with Crippen molar-refractivity contribution in [1.82, 2.24) is 9.88 Å². The molecule has 2 heterocycles. The van der Waals surface area contributed by atoms with E-state index in [1.54, 1.807) is 6.20 Å². The summed E-state index contributed by atoms with van der Waals surface area (Å²) in [5, 5.41) is 11.8. The summed E-state index contributed by atoms with van der Waals surface area (Å²) in [5.41, 5.74) is 2.96. The van der Waals surface area contributed by atoms with Gasteiger partial charge in [0.15, 0.2) is 0 Å². The van der Waals surface area contributed by atoms with Crippen molar-refractivity contribution in [3.63, 3.8) is 0 Å². The molecule has 1 saturated heterocycles. The van der Waals surface area contributed by atoms with Gasteiger partial charge in [0.2, 0.25) is 0 Å². The summed E-state index contributed by atoms with van der Waals surface area (Å²) in [6.07, 6.45) is 4.27. The maximum atomic E-state index is 10.7. The second kappa shape index (κ2) is 7.46. The molecule has 1 fully saturated rings. The standard InChI is InChI=1S/C21H22N2OS/c24-21-16(14-23-11-4-5-12-23)13-17(19-9-6-10-22-20(19)21)15-25-18-7-2-1-3-8-18/h1-3,6-10,13,24H,4-5,11-12,14-15H2. The summed E-state index contributed by atoms with van der Waals surface area (Å²) in [5.74, 6) is 1.22. The van der Waals surface area contributed by atoms with Crippen molar-refractivity contribution in [2.24, 2.45) is 0 Å². The molecule has 3 nitrogen and oxygen atoms in total. The SMILES string of the molecule is Oc1c(CN2CCCC2)cc(CSc2ccccc2)c2cccnc12. The zero-order valence-electron chi connectivity index (χ0n) is 14.2. The van der Waals surface area contributed by atoms with Crippen LogP contribution in [0, 0.1) is 0 Å². The number of likely N-dealkylation sites (tertiary alicyclic amines) is 1. The normalized spacial score (nSPS) is 15.0. The van der Waals surface area contributed by atoms with Gasteiger partial charge in [-0.2, -0.15) is 0 Å². The van der Waals surface area contributed by atoms with Crippen LogP contribution >= 0.6 is 11.8 Å². The van der Waals surface area contributed by atoms with Crippen LogP contribution in [0.1, 0.15) is 24.0 Å². The van der Waals surface area contributed by atoms with Gasteiger partial charge in [0.05, 0.1) is 0 Å². The van der Waals surface area contributed by atoms with Crippen LogP contribution in [0.5, 0.6) is 5.75 Å². The average molecular weight is 350 g/mol. The van der Waals surface area contributed by atoms with Crippen LogP contribution < -0.4 is 0 Å². The number of thioether (sulfide) groups is 1. The minimum absolute atomic E-state index is 0.343. The summed E-state index contributed by atoms with van der Waals surface area (Å²) in [7, 11) is 0. The molecular formula is C21H22N2OS. The molecule has 0 saturated carbocycles. The fraction of sp³-hybridized carbons (Fsp3) is 0.286. The van der Waals surface area contributed by atoms with Crippen molar-refractivity contribution in [2.75, 3.05) is 13.1 Å². The van der Waals surface area contributed by atoms with Gasteiger partial charge in [0, 0.05) is 34.3 Å². The summed E-state index contributed by atoms with van der Waals surface area (Å²) in [6, 6.07) is 16.6. The lowest BCUT2D eigenvalue weighted by atomic mass is 10.0. The van der Waals surface area contributed by atoms with Crippen molar-refractivity contribution < 1.29 is 5.11 Å². The number of phenolic OH excluding ortho intramolecular Hbond substituents is 1. The molecule has 4 heteroatoms. The highest BCUT2D eigenvalue weighted by atomic mass is 32.2. The van der Waals surface area contributed by atoms with E-state index in [1.165, 1.54) is 23.3 Å². The van der Waals surface area contributed by atoms with Gasteiger partial charge < -0.3 is 5.11 Å². The Balaban J connectivity index is 1.67. The smallest absolute Gasteiger partial charge is 0.146 e. The minimum Gasteiger partial charge on any atom is -0.505 e. The maximum absolute atomic E-state index is 10.7. The zero-order chi connectivity index (χ0) is 17.1. The van der Waals surface area contributed by atoms with Crippen LogP contribution in [0.15, 0.2) is 59.6 Å². The van der Waals surface area contributed by atoms with Gasteiger partial charge in [-0.1, -0.05) is 24.3 Å². The predicted molar refractivity (Wildman–Crippen MR) is 104 cm³/mol. The van der Waals surface area contributed by atoms with E-state index in [0.29, 0.717) is 5.75 Å². The van der Waals surface area contributed by atoms with Crippen molar-refractivity contribution in [3.05, 3.63) is 65.9 Å². The lowest BCUT2D eigenvalue weighted by molar-refractivity contribution is 0.324. The number of phenols is 1. The first-order valence-corrected chi connectivity index (χ1v) is 9.78. The number of aromatic hydroxyl groups is 1. The largest absolute Gasteiger partial charge is 0.505 e. The second-order valence-corrected chi connectivity index (χ2v) is 7.58. The Kier molecular flexibility index (Phi) is 4.90. The molecular weight excluding hydrogens is 328 g/mol. The number of rotatable bonds is 5. The van der Waals surface area contributed by atoms with E-state index in [0.717, 1.165) is 41.9 Å². The van der Waals surface area contributed by atoms with Crippen LogP contribution in [0.4, 0.5) is 0 Å². The first kappa shape index (κ1) is 16.4. The van der Waals surface area contributed by atoms with Crippen LogP contribution in [0.2, 0.25) is 0 Å². The summed E-state index contributed by atoms with van der Waals surface area (Å²) in [6.45, 7) is 3.04. The maximum Gasteiger partial charge on any atom is 0.146 e. The van der Waals surface area contributed by atoms with Crippen LogP contribution in [0.25, 0.3) is 10.9 Å². The number of nitrogens with zero attached hydrogens (tertiary/aromatic N) is 2. The van der Waals surface area contributed by atoms with Gasteiger partial charge in [-0.25, -0.2) is 0 Å². The van der Waals surface area contributed by atoms with Gasteiger partial charge in [0.25, 0.3) is 0 Å². The Hall–Kier alpha value is -2.04. The Morgan fingerprint density at radius 3 is 2.60 bits per heavy atom. The first-order valence-electron chi connectivity index (χ1n) is 8.80. The van der Waals surface area contributed by atoms with E-state index in [2.05, 4.69) is 46.3 Å². The van der Waals surface area contributed by atoms with Crippen LogP contribution in [-0.2, 0) is 12.3 Å². The molecule has 0 atom stereocenters. The van der Waals surface area contributed by atoms with Crippen LogP contribution in [0.3, 0.4) is 0 Å². The molecule has 4 rings (SSSR count). The van der Waals surface area contributed by atoms with E-state index in [1.807, 2.05) is 23.9 Å². The van der Waals surface area contributed by atoms with Crippen molar-refractivity contribution >= 4 is 22.7 Å². The summed E-state index contributed by atoms with van der Waals surface area (Å²) < 4.78 is 0. The molecule has 2 aromatic carbocycles. The summed E-state index contributed by atoms with van der Waals surface area (Å²) in [4.78, 5) is 8.13. The second-order valence-electron chi connectivity index (χ2n) is 6.53. The van der Waals surface area contributed by atoms with Crippen molar-refractivity contribution in [2.45, 2.75) is 30.0 Å². The molecule has 1 N–H and O–H groups in total. The number of aromatic nitrogens is 1. The lowest BCUT2D eigenvalue weighted by Crippen LogP contribution is -2.18. The molecule has 1 aliphatic rings. The van der Waals surface area contributed by atoms with Gasteiger partial charge in [-0.15, -0.1) is 11.8 Å². The number of benzene rings is 2. The fourth-order valence-corrected chi connectivity index (χ4v) is 4.37. The Labute approximate surface area is 152 Å². The summed E-state index contributed by atoms with van der Waals surface area (Å²) >= 11 is 1.82. The van der Waals surface area contributed by atoms with Gasteiger partial charge in [0.1, 0.15) is 11.3 Å². The monoisotopic (exact) mass is 350 g/mol. The van der Waals surface area contributed by atoms with E-state index >= 15 is 0 Å². The topological polar surface area (TPSA) is 36.4 Å². The predicted octanol–water partition coefficient (Wildman–Crippen LogP) is 4.83. The molecule has 128 valence electrons. The molecule has 0 unspecified atom stereocenters. The van der Waals surface area contributed by atoms with Gasteiger partial charge in [-0.3, -0.25) is 9.88 Å². The molecule has 0 aliphatic carbocycles. The molecule has 25 heavy (non-hydrogen) atoms. The molecule has 0 bridgehead atoms. The molecule has 0 radical (unpaired) electrons. The number of hydrogen-bond acceptors (Lipinski definition) is 4. The Bertz CT molecular complexity index is 860. The van der Waals surface area contributed by atoms with Gasteiger partial charge in [-0.05, 0) is 55.8 Å². The lowest BCUT2D eigenvalue weighted by Gasteiger charge is -2.18. The third-order valence-corrected chi connectivity index (χ3v) is 5.82. The highest BCUT2D eigenvalue weighted by Gasteiger charge is 2.17. The fourth-order valence-electron chi connectivity index (χ4n) is 3.46. The van der Waals surface area contributed by atoms with Crippen LogP contribution in [-0.4, -0.2) is 28.1 Å². The van der Waals surface area contributed by atoms with Crippen molar-refractivity contribution in [1.29, 1.82) is 0 Å². The van der Waals surface area contributed by atoms with E-state index < -0.39 is 0 Å². The number of fused-ring (bicyclic) bond motifs is 1. The molecule has 1 aromatic heterocycles. The first-order chi connectivity index (χ1) is 12.3. The van der Waals surface area contributed by atoms with Gasteiger partial charge >= 0.3 is 0 Å². The number of pyridine rings is 1. The molecule has 3 aromatic rings. The zero-order valence-corrected chi connectivity index (χ0v) is 15.0. The highest BCUT2D eigenvalue weighted by Crippen LogP contribution is 2.34. The van der Waals surface area contributed by atoms with Crippen molar-refractivity contribution in [3.8, 4) is 5.75 Å². The molecule has 0 spiro atoms. The number of hydrogen-bond donors (Lipinski definition) is 1. The molecule has 1 aliphatic heterocycles. The molecule has 0 amide bonds. The quantitative estimate of drug-likeness (QED) is 0.669. The Morgan fingerprint density at radius 2 is 1.80 bits per heavy atom. The van der Waals surface area contributed by atoms with E-state index in [4.69, 9.17) is 0 Å². The Morgan fingerprint density at radius 1 is 1.00 bits per heavy atom. The highest BCUT2D eigenvalue weighted by molar-refractivity contribution is 7.98. The third-order valence-electron chi connectivity index (χ3n) is 4.76. The van der Waals surface area contributed by atoms with E-state index in [9.17, 15) is 5.11 Å². The third kappa shape index (κ3) is 3.65. The van der Waals surface area contributed by atoms with E-state index in [-0.39, 0.29) is 0 Å². The average Bonchev–Trinajstić information content (AvgIpc) is 3.17. The minimum atomic E-state index is 0.343.